The van der Waals surface area contributed by atoms with Crippen LogP contribution in [0.15, 0.2) is 72.8 Å². The molecule has 3 aromatic rings. The van der Waals surface area contributed by atoms with Gasteiger partial charge in [0.15, 0.2) is 0 Å². The van der Waals surface area contributed by atoms with Gasteiger partial charge in [-0.2, -0.15) is 0 Å². The van der Waals surface area contributed by atoms with E-state index in [-0.39, 0.29) is 11.8 Å². The monoisotopic (exact) mass is 406 g/mol. The van der Waals surface area contributed by atoms with Crippen LogP contribution in [0.25, 0.3) is 0 Å². The third-order valence-corrected chi connectivity index (χ3v) is 5.17. The average molecular weight is 407 g/mol. The van der Waals surface area contributed by atoms with Crippen molar-refractivity contribution in [2.45, 2.75) is 12.5 Å². The van der Waals surface area contributed by atoms with Crippen LogP contribution >= 0.6 is 11.6 Å². The van der Waals surface area contributed by atoms with Gasteiger partial charge in [-0.05, 0) is 42.0 Å². The Morgan fingerprint density at radius 1 is 1.03 bits per heavy atom. The zero-order valence-electron chi connectivity index (χ0n) is 15.8. The molecule has 0 saturated heterocycles. The highest BCUT2D eigenvalue weighted by Crippen LogP contribution is 2.35. The highest BCUT2D eigenvalue weighted by Gasteiger charge is 2.38. The minimum absolute atomic E-state index is 0.214. The minimum Gasteiger partial charge on any atom is -0.495 e. The summed E-state index contributed by atoms with van der Waals surface area (Å²) in [5.41, 5.74) is 2.70. The van der Waals surface area contributed by atoms with Gasteiger partial charge in [0.25, 0.3) is 5.91 Å². The van der Waals surface area contributed by atoms with E-state index < -0.39 is 6.04 Å². The number of amides is 2. The van der Waals surface area contributed by atoms with Gasteiger partial charge in [0.1, 0.15) is 11.8 Å². The molecule has 0 fully saturated rings. The lowest BCUT2D eigenvalue weighted by Crippen LogP contribution is -2.45. The lowest BCUT2D eigenvalue weighted by Gasteiger charge is -2.25. The Morgan fingerprint density at radius 2 is 1.76 bits per heavy atom. The molecule has 0 saturated carbocycles. The SMILES string of the molecule is COc1ccc(Cl)cc1NC(=O)[C@@H]1Cc2ccccc2N1C(=O)c1ccccc1. The predicted octanol–water partition coefficient (Wildman–Crippen LogP) is 4.56. The molecule has 146 valence electrons. The predicted molar refractivity (Wildman–Crippen MR) is 114 cm³/mol. The molecule has 1 aliphatic rings. The molecule has 1 N–H and O–H groups in total. The van der Waals surface area contributed by atoms with E-state index in [4.69, 9.17) is 16.3 Å². The minimum atomic E-state index is -0.677. The van der Waals surface area contributed by atoms with Gasteiger partial charge in [-0.3, -0.25) is 14.5 Å². The fourth-order valence-electron chi connectivity index (χ4n) is 3.56. The molecule has 6 heteroatoms. The largest absolute Gasteiger partial charge is 0.495 e. The van der Waals surface area contributed by atoms with Crippen LogP contribution in [0.2, 0.25) is 5.02 Å². The number of methoxy groups -OCH3 is 1. The first kappa shape index (κ1) is 19.0. The van der Waals surface area contributed by atoms with E-state index in [0.717, 1.165) is 11.3 Å². The highest BCUT2D eigenvalue weighted by atomic mass is 35.5. The zero-order chi connectivity index (χ0) is 20.4. The highest BCUT2D eigenvalue weighted by molar-refractivity contribution is 6.31. The van der Waals surface area contributed by atoms with Crippen LogP contribution < -0.4 is 15.0 Å². The number of para-hydroxylation sites is 1. The number of ether oxygens (including phenoxy) is 1. The van der Waals surface area contributed by atoms with E-state index in [1.54, 1.807) is 47.4 Å². The molecular weight excluding hydrogens is 388 g/mol. The number of fused-ring (bicyclic) bond motifs is 1. The van der Waals surface area contributed by atoms with Crippen molar-refractivity contribution in [2.75, 3.05) is 17.3 Å². The first-order valence-corrected chi connectivity index (χ1v) is 9.57. The lowest BCUT2D eigenvalue weighted by atomic mass is 10.1. The summed E-state index contributed by atoms with van der Waals surface area (Å²) in [4.78, 5) is 28.0. The van der Waals surface area contributed by atoms with Crippen LogP contribution in [-0.4, -0.2) is 25.0 Å². The Labute approximate surface area is 173 Å². The molecule has 0 bridgehead atoms. The zero-order valence-corrected chi connectivity index (χ0v) is 16.5. The Kier molecular flexibility index (Phi) is 5.23. The fraction of sp³-hybridized carbons (Fsp3) is 0.130. The van der Waals surface area contributed by atoms with Crippen LogP contribution in [0.4, 0.5) is 11.4 Å². The Hall–Kier alpha value is -3.31. The maximum absolute atomic E-state index is 13.3. The van der Waals surface area contributed by atoms with E-state index in [1.165, 1.54) is 7.11 Å². The third-order valence-electron chi connectivity index (χ3n) is 4.94. The molecule has 0 radical (unpaired) electrons. The molecule has 2 amide bonds. The first-order valence-electron chi connectivity index (χ1n) is 9.19. The number of anilines is 2. The number of hydrogen-bond acceptors (Lipinski definition) is 3. The second-order valence-electron chi connectivity index (χ2n) is 6.72. The third kappa shape index (κ3) is 3.69. The van der Waals surface area contributed by atoms with Crippen LogP contribution in [0, 0.1) is 0 Å². The number of hydrogen-bond donors (Lipinski definition) is 1. The Balaban J connectivity index is 1.68. The van der Waals surface area contributed by atoms with Crippen LogP contribution in [0.3, 0.4) is 0 Å². The number of carbonyl (C=O) groups excluding carboxylic acids is 2. The smallest absolute Gasteiger partial charge is 0.259 e. The summed E-state index contributed by atoms with van der Waals surface area (Å²) >= 11 is 6.08. The van der Waals surface area contributed by atoms with E-state index in [2.05, 4.69) is 5.32 Å². The molecule has 0 aromatic heterocycles. The molecule has 0 unspecified atom stereocenters. The van der Waals surface area contributed by atoms with Crippen molar-refractivity contribution in [1.29, 1.82) is 0 Å². The first-order chi connectivity index (χ1) is 14.1. The Morgan fingerprint density at radius 3 is 2.52 bits per heavy atom. The summed E-state index contributed by atoms with van der Waals surface area (Å²) in [6, 6.07) is 20.9. The summed E-state index contributed by atoms with van der Waals surface area (Å²) in [7, 11) is 1.52. The van der Waals surface area contributed by atoms with Crippen LogP contribution in [0.5, 0.6) is 5.75 Å². The molecule has 29 heavy (non-hydrogen) atoms. The fourth-order valence-corrected chi connectivity index (χ4v) is 3.73. The second-order valence-corrected chi connectivity index (χ2v) is 7.16. The number of nitrogens with one attached hydrogen (secondary N) is 1. The maximum Gasteiger partial charge on any atom is 0.259 e. The number of nitrogens with zero attached hydrogens (tertiary/aromatic N) is 1. The van der Waals surface area contributed by atoms with Crippen molar-refractivity contribution >= 4 is 34.8 Å². The standard InChI is InChI=1S/C23H19ClN2O3/c1-29-21-12-11-17(24)14-18(21)25-22(27)20-13-16-9-5-6-10-19(16)26(20)23(28)15-7-3-2-4-8-15/h2-12,14,20H,13H2,1H3,(H,25,27)/t20-/m0/s1. The van der Waals surface area contributed by atoms with E-state index >= 15 is 0 Å². The lowest BCUT2D eigenvalue weighted by molar-refractivity contribution is -0.117. The molecular formula is C23H19ClN2O3. The number of carbonyl (C=O) groups is 2. The summed E-state index contributed by atoms with van der Waals surface area (Å²) in [6.45, 7) is 0. The van der Waals surface area contributed by atoms with Crippen LogP contribution in [0.1, 0.15) is 15.9 Å². The van der Waals surface area contributed by atoms with Gasteiger partial charge in [-0.1, -0.05) is 48.0 Å². The molecule has 4 rings (SSSR count). The van der Waals surface area contributed by atoms with Crippen molar-refractivity contribution in [3.63, 3.8) is 0 Å². The summed E-state index contributed by atoms with van der Waals surface area (Å²) in [5.74, 6) is -0.0148. The van der Waals surface area contributed by atoms with Gasteiger partial charge in [-0.25, -0.2) is 0 Å². The summed E-state index contributed by atoms with van der Waals surface area (Å²) in [5, 5.41) is 3.35. The number of rotatable bonds is 4. The van der Waals surface area contributed by atoms with Gasteiger partial charge < -0.3 is 10.1 Å². The van der Waals surface area contributed by atoms with E-state index in [1.807, 2.05) is 30.3 Å². The van der Waals surface area contributed by atoms with Crippen molar-refractivity contribution in [3.05, 3.63) is 88.9 Å². The molecule has 1 aliphatic heterocycles. The normalized spacial score (nSPS) is 15.0. The van der Waals surface area contributed by atoms with Crippen LogP contribution in [-0.2, 0) is 11.2 Å². The molecule has 0 spiro atoms. The Bertz CT molecular complexity index is 1070. The maximum atomic E-state index is 13.3. The van der Waals surface area contributed by atoms with Gasteiger partial charge in [0, 0.05) is 22.7 Å². The topological polar surface area (TPSA) is 58.6 Å². The van der Waals surface area contributed by atoms with Crippen molar-refractivity contribution in [1.82, 2.24) is 0 Å². The van der Waals surface area contributed by atoms with Crippen molar-refractivity contribution in [2.24, 2.45) is 0 Å². The molecule has 5 nitrogen and oxygen atoms in total. The van der Waals surface area contributed by atoms with E-state index in [0.29, 0.717) is 28.4 Å². The second kappa shape index (κ2) is 7.97. The van der Waals surface area contributed by atoms with E-state index in [9.17, 15) is 9.59 Å². The summed E-state index contributed by atoms with van der Waals surface area (Å²) in [6.07, 6.45) is 0.434. The number of halogens is 1. The van der Waals surface area contributed by atoms with Gasteiger partial charge in [-0.15, -0.1) is 0 Å². The summed E-state index contributed by atoms with van der Waals surface area (Å²) < 4.78 is 5.32. The van der Waals surface area contributed by atoms with Gasteiger partial charge >= 0.3 is 0 Å². The molecule has 3 aromatic carbocycles. The molecule has 1 atom stereocenters. The molecule has 0 aliphatic carbocycles. The van der Waals surface area contributed by atoms with Crippen molar-refractivity contribution in [3.8, 4) is 5.75 Å². The van der Waals surface area contributed by atoms with Crippen molar-refractivity contribution < 1.29 is 14.3 Å². The van der Waals surface area contributed by atoms with Gasteiger partial charge in [0.2, 0.25) is 5.91 Å². The number of benzene rings is 3. The average Bonchev–Trinajstić information content (AvgIpc) is 3.14. The van der Waals surface area contributed by atoms with Gasteiger partial charge in [0.05, 0.1) is 12.8 Å². The molecule has 1 heterocycles. The quantitative estimate of drug-likeness (QED) is 0.691.